The summed E-state index contributed by atoms with van der Waals surface area (Å²) in [5.41, 5.74) is 4.66. The molecule has 3 aromatic carbocycles. The van der Waals surface area contributed by atoms with Crippen LogP contribution >= 0.6 is 0 Å². The summed E-state index contributed by atoms with van der Waals surface area (Å²) in [6.45, 7) is 0. The van der Waals surface area contributed by atoms with E-state index in [4.69, 9.17) is 9.40 Å². The lowest BCUT2D eigenvalue weighted by Crippen LogP contribution is -1.82. The molecule has 0 saturated carbocycles. The van der Waals surface area contributed by atoms with Gasteiger partial charge in [-0.3, -0.25) is 0 Å². The molecule has 0 aliphatic heterocycles. The van der Waals surface area contributed by atoms with E-state index in [1.54, 1.807) is 0 Å². The zero-order chi connectivity index (χ0) is 15.7. The van der Waals surface area contributed by atoms with Gasteiger partial charge in [-0.05, 0) is 24.3 Å². The van der Waals surface area contributed by atoms with Crippen LogP contribution < -0.4 is 0 Å². The highest BCUT2D eigenvalue weighted by Gasteiger charge is 2.13. The van der Waals surface area contributed by atoms with Gasteiger partial charge in [0, 0.05) is 33.9 Å². The molecule has 3 heterocycles. The third kappa shape index (κ3) is 1.44. The molecule has 0 aliphatic rings. The van der Waals surface area contributed by atoms with Crippen molar-refractivity contribution in [1.29, 1.82) is 0 Å². The SMILES string of the molecule is c1ccc2c(c1)cn1cc3c(ccc4oc5ccccc5nc43)c21. The third-order valence-electron chi connectivity index (χ3n) is 4.77. The van der Waals surface area contributed by atoms with Gasteiger partial charge in [0.15, 0.2) is 11.2 Å². The van der Waals surface area contributed by atoms with Gasteiger partial charge in [-0.25, -0.2) is 4.98 Å². The minimum absolute atomic E-state index is 0.813. The Morgan fingerprint density at radius 3 is 2.58 bits per heavy atom. The highest BCUT2D eigenvalue weighted by molar-refractivity contribution is 6.18. The van der Waals surface area contributed by atoms with Crippen LogP contribution in [-0.4, -0.2) is 9.38 Å². The van der Waals surface area contributed by atoms with E-state index in [9.17, 15) is 0 Å². The Labute approximate surface area is 136 Å². The van der Waals surface area contributed by atoms with Crippen LogP contribution in [0, 0.1) is 0 Å². The topological polar surface area (TPSA) is 30.4 Å². The average molecular weight is 308 g/mol. The lowest BCUT2D eigenvalue weighted by molar-refractivity contribution is 0.657. The molecule has 3 heteroatoms. The molecule has 112 valence electrons. The Kier molecular flexibility index (Phi) is 2.10. The maximum absolute atomic E-state index is 6.04. The smallest absolute Gasteiger partial charge is 0.153 e. The first-order valence-corrected chi connectivity index (χ1v) is 7.99. The van der Waals surface area contributed by atoms with Gasteiger partial charge >= 0.3 is 0 Å². The fourth-order valence-corrected chi connectivity index (χ4v) is 3.70. The highest BCUT2D eigenvalue weighted by Crippen LogP contribution is 2.34. The molecule has 0 unspecified atom stereocenters. The van der Waals surface area contributed by atoms with Crippen molar-refractivity contribution in [3.05, 3.63) is 73.1 Å². The predicted octanol–water partition coefficient (Wildman–Crippen LogP) is 5.54. The monoisotopic (exact) mass is 308 g/mol. The standard InChI is InChI=1S/C21H12N2O/c1-2-6-14-13(5-1)11-23-12-16-15(21(14)23)9-10-19-20(16)22-17-7-3-4-8-18(17)24-19/h1-12H. The molecule has 0 fully saturated rings. The largest absolute Gasteiger partial charge is 0.453 e. The lowest BCUT2D eigenvalue weighted by atomic mass is 10.1. The number of hydrogen-bond donors (Lipinski definition) is 0. The number of benzene rings is 3. The molecule has 0 atom stereocenters. The second-order valence-corrected chi connectivity index (χ2v) is 6.16. The molecule has 24 heavy (non-hydrogen) atoms. The van der Waals surface area contributed by atoms with Gasteiger partial charge in [0.2, 0.25) is 0 Å². The normalized spacial score (nSPS) is 12.2. The predicted molar refractivity (Wildman–Crippen MR) is 97.5 cm³/mol. The van der Waals surface area contributed by atoms with Crippen LogP contribution in [-0.2, 0) is 0 Å². The fourth-order valence-electron chi connectivity index (χ4n) is 3.70. The fraction of sp³-hybridized carbons (Fsp3) is 0. The molecule has 0 radical (unpaired) electrons. The third-order valence-corrected chi connectivity index (χ3v) is 4.77. The Hall–Kier alpha value is -3.33. The van der Waals surface area contributed by atoms with Crippen molar-refractivity contribution in [2.24, 2.45) is 0 Å². The Balaban J connectivity index is 1.85. The summed E-state index contributed by atoms with van der Waals surface area (Å²) >= 11 is 0. The molecular weight excluding hydrogens is 296 g/mol. The second-order valence-electron chi connectivity index (χ2n) is 6.16. The van der Waals surface area contributed by atoms with Crippen LogP contribution in [0.2, 0.25) is 0 Å². The van der Waals surface area contributed by atoms with E-state index in [1.807, 2.05) is 30.3 Å². The zero-order valence-electron chi connectivity index (χ0n) is 12.7. The number of rotatable bonds is 0. The first-order chi connectivity index (χ1) is 11.9. The van der Waals surface area contributed by atoms with Gasteiger partial charge in [0.05, 0.1) is 5.52 Å². The minimum Gasteiger partial charge on any atom is -0.453 e. The van der Waals surface area contributed by atoms with Crippen molar-refractivity contribution in [3.8, 4) is 0 Å². The van der Waals surface area contributed by atoms with Crippen molar-refractivity contribution < 1.29 is 4.42 Å². The zero-order valence-corrected chi connectivity index (χ0v) is 12.7. The molecule has 0 saturated heterocycles. The highest BCUT2D eigenvalue weighted by atomic mass is 16.3. The van der Waals surface area contributed by atoms with Crippen molar-refractivity contribution in [2.75, 3.05) is 0 Å². The van der Waals surface area contributed by atoms with Gasteiger partial charge in [0.1, 0.15) is 11.0 Å². The average Bonchev–Trinajstić information content (AvgIpc) is 3.16. The summed E-state index contributed by atoms with van der Waals surface area (Å²) in [6.07, 6.45) is 4.33. The summed E-state index contributed by atoms with van der Waals surface area (Å²) in [5.74, 6) is 0. The van der Waals surface area contributed by atoms with E-state index >= 15 is 0 Å². The quantitative estimate of drug-likeness (QED) is 0.345. The number of fused-ring (bicyclic) bond motifs is 8. The summed E-state index contributed by atoms with van der Waals surface area (Å²) < 4.78 is 8.24. The van der Waals surface area contributed by atoms with Gasteiger partial charge in [-0.2, -0.15) is 0 Å². The Morgan fingerprint density at radius 1 is 0.708 bits per heavy atom. The van der Waals surface area contributed by atoms with Crippen molar-refractivity contribution in [3.63, 3.8) is 0 Å². The van der Waals surface area contributed by atoms with Crippen LogP contribution in [0.3, 0.4) is 0 Å². The Morgan fingerprint density at radius 2 is 1.58 bits per heavy atom. The minimum atomic E-state index is 0.813. The molecule has 3 aromatic heterocycles. The van der Waals surface area contributed by atoms with E-state index in [0.717, 1.165) is 27.6 Å². The van der Waals surface area contributed by atoms with E-state index in [-0.39, 0.29) is 0 Å². The summed E-state index contributed by atoms with van der Waals surface area (Å²) in [7, 11) is 0. The van der Waals surface area contributed by atoms with Gasteiger partial charge in [-0.15, -0.1) is 0 Å². The maximum Gasteiger partial charge on any atom is 0.153 e. The van der Waals surface area contributed by atoms with Crippen LogP contribution in [0.5, 0.6) is 0 Å². The summed E-state index contributed by atoms with van der Waals surface area (Å²) in [4.78, 5) is 4.85. The molecule has 0 spiro atoms. The molecule has 3 nitrogen and oxygen atoms in total. The number of para-hydroxylation sites is 2. The van der Waals surface area contributed by atoms with Gasteiger partial charge in [0.25, 0.3) is 0 Å². The molecular formula is C21H12N2O. The molecule has 0 bridgehead atoms. The molecule has 0 N–H and O–H groups in total. The van der Waals surface area contributed by atoms with E-state index < -0.39 is 0 Å². The van der Waals surface area contributed by atoms with Crippen molar-refractivity contribution in [1.82, 2.24) is 9.38 Å². The molecule has 0 amide bonds. The second kappa shape index (κ2) is 4.15. The van der Waals surface area contributed by atoms with Crippen LogP contribution in [0.1, 0.15) is 0 Å². The number of aromatic nitrogens is 2. The van der Waals surface area contributed by atoms with Crippen LogP contribution in [0.4, 0.5) is 0 Å². The van der Waals surface area contributed by atoms with E-state index in [2.05, 4.69) is 47.1 Å². The molecule has 6 aromatic rings. The van der Waals surface area contributed by atoms with Gasteiger partial charge in [-0.1, -0.05) is 36.4 Å². The number of hydrogen-bond acceptors (Lipinski definition) is 2. The lowest BCUT2D eigenvalue weighted by Gasteiger charge is -2.02. The van der Waals surface area contributed by atoms with Crippen LogP contribution in [0.15, 0.2) is 77.5 Å². The first-order valence-electron chi connectivity index (χ1n) is 7.99. The molecule has 6 rings (SSSR count). The molecule has 0 aliphatic carbocycles. The van der Waals surface area contributed by atoms with Crippen molar-refractivity contribution in [2.45, 2.75) is 0 Å². The number of nitrogens with zero attached hydrogens (tertiary/aromatic N) is 2. The summed E-state index contributed by atoms with van der Waals surface area (Å²) in [6, 6.07) is 20.5. The van der Waals surface area contributed by atoms with Crippen molar-refractivity contribution >= 4 is 49.3 Å². The van der Waals surface area contributed by atoms with Crippen LogP contribution in [0.25, 0.3) is 49.3 Å². The van der Waals surface area contributed by atoms with Gasteiger partial charge < -0.3 is 8.82 Å². The van der Waals surface area contributed by atoms with E-state index in [0.29, 0.717) is 0 Å². The Bertz CT molecular complexity index is 1390. The summed E-state index contributed by atoms with van der Waals surface area (Å²) in [5, 5.41) is 4.86. The maximum atomic E-state index is 6.04. The first kappa shape index (κ1) is 12.1. The van der Waals surface area contributed by atoms with E-state index in [1.165, 1.54) is 21.7 Å².